The van der Waals surface area contributed by atoms with Gasteiger partial charge in [-0.15, -0.1) is 0 Å². The first-order valence-corrected chi connectivity index (χ1v) is 23.8. The number of amides is 3. The van der Waals surface area contributed by atoms with Crippen LogP contribution in [0.1, 0.15) is 135 Å². The van der Waals surface area contributed by atoms with Gasteiger partial charge in [0.15, 0.2) is 0 Å². The van der Waals surface area contributed by atoms with Crippen LogP contribution in [0.15, 0.2) is 53.8 Å². The van der Waals surface area contributed by atoms with E-state index in [0.29, 0.717) is 30.9 Å². The number of hydrogen-bond acceptors (Lipinski definition) is 15. The third-order valence-electron chi connectivity index (χ3n) is 12.0. The van der Waals surface area contributed by atoms with Crippen molar-refractivity contribution in [1.29, 1.82) is 0 Å². The molecule has 66 heavy (non-hydrogen) atoms. The van der Waals surface area contributed by atoms with Crippen LogP contribution in [0.3, 0.4) is 0 Å². The zero-order chi connectivity index (χ0) is 49.2. The first kappa shape index (κ1) is 58.8. The summed E-state index contributed by atoms with van der Waals surface area (Å²) in [5, 5.41) is 115. The molecule has 12 N–H and O–H groups in total. The van der Waals surface area contributed by atoms with E-state index < -0.39 is 73.2 Å². The third kappa shape index (κ3) is 25.2. The topological polar surface area (TPSA) is 298 Å². The van der Waals surface area contributed by atoms with Gasteiger partial charge in [0.05, 0.1) is 74.3 Å². The fourth-order valence-corrected chi connectivity index (χ4v) is 8.84. The molecular formula is C49H82N2O15. The smallest absolute Gasteiger partial charge is 0.257 e. The molecule has 0 saturated heterocycles. The highest BCUT2D eigenvalue weighted by molar-refractivity contribution is 6.08. The molecular weight excluding hydrogens is 857 g/mol. The minimum atomic E-state index is -1.18. The van der Waals surface area contributed by atoms with Gasteiger partial charge in [0, 0.05) is 31.5 Å². The van der Waals surface area contributed by atoms with Gasteiger partial charge in [-0.3, -0.25) is 19.3 Å². The monoisotopic (exact) mass is 939 g/mol. The van der Waals surface area contributed by atoms with E-state index in [-0.39, 0.29) is 82.6 Å². The van der Waals surface area contributed by atoms with Crippen LogP contribution in [0, 0.1) is 5.92 Å². The lowest BCUT2D eigenvalue weighted by atomic mass is 9.94. The minimum Gasteiger partial charge on any atom is -0.499 e. The number of methoxy groups -OCH3 is 1. The Morgan fingerprint density at radius 3 is 1.48 bits per heavy atom. The number of hydrogen-bond donors (Lipinski definition) is 12. The number of nitrogens with zero attached hydrogens (tertiary/aromatic N) is 1. The molecule has 0 aromatic heterocycles. The summed E-state index contributed by atoms with van der Waals surface area (Å²) >= 11 is 0. The summed E-state index contributed by atoms with van der Waals surface area (Å²) in [5.74, 6) is 0.103. The number of imide groups is 1. The first-order valence-electron chi connectivity index (χ1n) is 23.8. The fourth-order valence-electron chi connectivity index (χ4n) is 8.84. The number of carbonyl (C=O) groups is 3. The van der Waals surface area contributed by atoms with Gasteiger partial charge in [-0.2, -0.15) is 0 Å². The lowest BCUT2D eigenvalue weighted by Crippen LogP contribution is -2.41. The van der Waals surface area contributed by atoms with Gasteiger partial charge in [-0.25, -0.2) is 0 Å². The Hall–Kier alpha value is -3.33. The lowest BCUT2D eigenvalue weighted by Gasteiger charge is -2.24. The number of nitrogens with one attached hydrogen (secondary N) is 1. The molecule has 1 aromatic rings. The van der Waals surface area contributed by atoms with E-state index in [1.165, 1.54) is 18.1 Å². The van der Waals surface area contributed by atoms with Gasteiger partial charge in [-0.05, 0) is 89.0 Å². The molecule has 1 aliphatic rings. The van der Waals surface area contributed by atoms with Gasteiger partial charge in [0.25, 0.3) is 11.8 Å². The average molecular weight is 939 g/mol. The van der Waals surface area contributed by atoms with Crippen molar-refractivity contribution >= 4 is 18.2 Å². The van der Waals surface area contributed by atoms with Crippen LogP contribution in [0.5, 0.6) is 0 Å². The van der Waals surface area contributed by atoms with E-state index in [1.54, 1.807) is 6.08 Å². The third-order valence-corrected chi connectivity index (χ3v) is 12.0. The van der Waals surface area contributed by atoms with Crippen molar-refractivity contribution in [3.8, 4) is 0 Å². The van der Waals surface area contributed by atoms with Crippen LogP contribution >= 0.6 is 0 Å². The van der Waals surface area contributed by atoms with Gasteiger partial charge in [0.1, 0.15) is 11.8 Å². The Balaban J connectivity index is 1.56. The second kappa shape index (κ2) is 32.4. The molecule has 1 heterocycles. The van der Waals surface area contributed by atoms with E-state index in [2.05, 4.69) is 12.2 Å². The average Bonchev–Trinajstić information content (AvgIpc) is 3.53. The molecule has 17 nitrogen and oxygen atoms in total. The zero-order valence-electron chi connectivity index (χ0n) is 39.3. The molecule has 1 aliphatic heterocycles. The van der Waals surface area contributed by atoms with Crippen molar-refractivity contribution in [2.45, 2.75) is 209 Å². The summed E-state index contributed by atoms with van der Waals surface area (Å²) in [5.41, 5.74) is 1.91. The molecule has 0 bridgehead atoms. The molecule has 0 saturated carbocycles. The van der Waals surface area contributed by atoms with Crippen LogP contribution < -0.4 is 5.32 Å². The van der Waals surface area contributed by atoms with E-state index >= 15 is 0 Å². The molecule has 0 aliphatic carbocycles. The number of carbonyl (C=O) groups excluding carboxylic acids is 3. The van der Waals surface area contributed by atoms with Crippen LogP contribution in [0.2, 0.25) is 0 Å². The maximum absolute atomic E-state index is 13.3. The number of unbranched alkanes of at least 4 members (excludes halogenated alkanes) is 4. The standard InChI is InChI=1S/C49H82N2O15/c1-32(16-33(2)17-48(64)51-46(47(66-3)29-49(51)65)18-34-13-9-7-10-14-34)12-8-5-4-6-11-15-35(53)19-36(54)20-37(55)21-38(56)22-39(57)23-40(58)24-41(59)25-42(60)26-43(61)27-44(62)28-45(63)30-50-31-52/h7,9-10,13-14,17,29,31-32,35-46,53-63H,4-6,8,11-12,15-16,18-28,30H2,1-3H3,(H,50,52)/b33-17-/t32?,35-,36+,37+,38?,39?,40?,41?,42+,43+,44+,45-,46-/m0/s1. The molecule has 3 amide bonds. The molecule has 2 rings (SSSR count). The highest BCUT2D eigenvalue weighted by atomic mass is 16.5. The van der Waals surface area contributed by atoms with Crippen molar-refractivity contribution < 1.29 is 75.3 Å². The Morgan fingerprint density at radius 1 is 0.636 bits per heavy atom. The van der Waals surface area contributed by atoms with E-state index in [1.807, 2.05) is 37.3 Å². The number of benzene rings is 1. The SMILES string of the molecule is COC1=CC(=O)N(C(=O)/C=C(/C)CC(C)CCCCCCC[C@H](O)C[C@@H](O)C[C@@H](O)CC(O)CC(O)CC(O)CC(O)C[C@@H](O)C[C@@H](O)C[C@@H](O)C[C@H](O)CNC=O)[C@H]1Cc1ccccc1. The zero-order valence-corrected chi connectivity index (χ0v) is 39.3. The van der Waals surface area contributed by atoms with Crippen LogP contribution in [0.25, 0.3) is 0 Å². The molecule has 0 spiro atoms. The van der Waals surface area contributed by atoms with Gasteiger partial charge in [-0.1, -0.05) is 81.4 Å². The Labute approximate surface area is 390 Å². The van der Waals surface area contributed by atoms with Crippen molar-refractivity contribution in [2.75, 3.05) is 13.7 Å². The molecule has 13 atom stereocenters. The maximum atomic E-state index is 13.3. The molecule has 17 heteroatoms. The summed E-state index contributed by atoms with van der Waals surface area (Å²) in [6, 6.07) is 9.18. The van der Waals surface area contributed by atoms with Crippen LogP contribution in [0.4, 0.5) is 0 Å². The first-order chi connectivity index (χ1) is 31.3. The van der Waals surface area contributed by atoms with Crippen molar-refractivity contribution in [1.82, 2.24) is 10.2 Å². The summed E-state index contributed by atoms with van der Waals surface area (Å²) < 4.78 is 5.45. The minimum absolute atomic E-state index is 0.0567. The highest BCUT2D eigenvalue weighted by Gasteiger charge is 2.37. The maximum Gasteiger partial charge on any atom is 0.257 e. The van der Waals surface area contributed by atoms with E-state index in [4.69, 9.17) is 4.74 Å². The highest BCUT2D eigenvalue weighted by Crippen LogP contribution is 2.26. The van der Waals surface area contributed by atoms with Crippen molar-refractivity contribution in [3.05, 3.63) is 59.4 Å². The van der Waals surface area contributed by atoms with Crippen LogP contribution in [-0.4, -0.2) is 166 Å². The van der Waals surface area contributed by atoms with Crippen LogP contribution in [-0.2, 0) is 25.5 Å². The largest absolute Gasteiger partial charge is 0.499 e. The summed E-state index contributed by atoms with van der Waals surface area (Å²) in [6.45, 7) is 4.01. The summed E-state index contributed by atoms with van der Waals surface area (Å²) in [7, 11) is 1.51. The summed E-state index contributed by atoms with van der Waals surface area (Å²) in [4.78, 5) is 37.6. The van der Waals surface area contributed by atoms with Gasteiger partial charge >= 0.3 is 0 Å². The normalized spacial score (nSPS) is 20.0. The Morgan fingerprint density at radius 2 is 1.05 bits per heavy atom. The summed E-state index contributed by atoms with van der Waals surface area (Å²) in [6.07, 6.45) is -2.46. The Kier molecular flexibility index (Phi) is 28.9. The quantitative estimate of drug-likeness (QED) is 0.0257. The predicted octanol–water partition coefficient (Wildman–Crippen LogP) is 1.82. The van der Waals surface area contributed by atoms with Crippen molar-refractivity contribution in [3.63, 3.8) is 0 Å². The lowest BCUT2D eigenvalue weighted by molar-refractivity contribution is -0.139. The number of aliphatic hydroxyl groups is 11. The fraction of sp³-hybridized carbons (Fsp3) is 0.735. The van der Waals surface area contributed by atoms with Gasteiger partial charge < -0.3 is 66.2 Å². The molecule has 378 valence electrons. The van der Waals surface area contributed by atoms with Gasteiger partial charge in [0.2, 0.25) is 6.41 Å². The molecule has 1 aromatic carbocycles. The molecule has 0 fully saturated rings. The number of rotatable bonds is 37. The molecule has 5 unspecified atom stereocenters. The second-order valence-electron chi connectivity index (χ2n) is 18.7. The number of allylic oxidation sites excluding steroid dienone is 1. The van der Waals surface area contributed by atoms with E-state index in [9.17, 15) is 70.6 Å². The predicted molar refractivity (Wildman–Crippen MR) is 247 cm³/mol. The number of ether oxygens (including phenoxy) is 1. The Bertz CT molecular complexity index is 1570. The molecule has 0 radical (unpaired) electrons. The van der Waals surface area contributed by atoms with Crippen molar-refractivity contribution in [2.24, 2.45) is 5.92 Å². The second-order valence-corrected chi connectivity index (χ2v) is 18.7. The van der Waals surface area contributed by atoms with E-state index in [0.717, 1.165) is 56.1 Å². The number of aliphatic hydroxyl groups excluding tert-OH is 11.